The van der Waals surface area contributed by atoms with Gasteiger partial charge in [-0.15, -0.1) is 0 Å². The molecular formula is C23H23N3O3. The fraction of sp³-hybridized carbons (Fsp3) is 0.261. The molecule has 3 aromatic rings. The highest BCUT2D eigenvalue weighted by Crippen LogP contribution is 2.22. The summed E-state index contributed by atoms with van der Waals surface area (Å²) in [7, 11) is 1.61. The minimum atomic E-state index is -0.675. The molecule has 4 rings (SSSR count). The van der Waals surface area contributed by atoms with Gasteiger partial charge in [0.05, 0.1) is 12.8 Å². The average Bonchev–Trinajstić information content (AvgIpc) is 2.78. The third-order valence-electron chi connectivity index (χ3n) is 5.38. The molecule has 0 spiro atoms. The quantitative estimate of drug-likeness (QED) is 0.688. The maximum atomic E-state index is 13.1. The molecule has 0 bridgehead atoms. The maximum Gasteiger partial charge on any atom is 0.267 e. The fourth-order valence-electron chi connectivity index (χ4n) is 3.67. The van der Waals surface area contributed by atoms with Gasteiger partial charge < -0.3 is 9.64 Å². The van der Waals surface area contributed by atoms with E-state index in [0.717, 1.165) is 23.3 Å². The number of aromatic nitrogens is 2. The molecule has 1 aliphatic heterocycles. The largest absolute Gasteiger partial charge is 0.497 e. The second-order valence-electron chi connectivity index (χ2n) is 7.18. The molecule has 2 heterocycles. The van der Waals surface area contributed by atoms with Crippen LogP contribution < -0.4 is 10.3 Å². The monoisotopic (exact) mass is 389 g/mol. The summed E-state index contributed by atoms with van der Waals surface area (Å²) in [5.74, 6) is 0.650. The lowest BCUT2D eigenvalue weighted by Gasteiger charge is -2.31. The van der Waals surface area contributed by atoms with Crippen molar-refractivity contribution in [1.29, 1.82) is 0 Å². The number of fused-ring (bicyclic) bond motifs is 1. The molecule has 6 heteroatoms. The highest BCUT2D eigenvalue weighted by Gasteiger charge is 2.26. The van der Waals surface area contributed by atoms with E-state index in [2.05, 4.69) is 11.2 Å². The molecule has 0 fully saturated rings. The van der Waals surface area contributed by atoms with Crippen molar-refractivity contribution >= 4 is 5.91 Å². The van der Waals surface area contributed by atoms with Gasteiger partial charge in [0.2, 0.25) is 5.91 Å². The van der Waals surface area contributed by atoms with Crippen LogP contribution in [-0.4, -0.2) is 34.2 Å². The molecule has 0 radical (unpaired) electrons. The maximum absolute atomic E-state index is 13.1. The van der Waals surface area contributed by atoms with Crippen molar-refractivity contribution in [2.45, 2.75) is 25.9 Å². The van der Waals surface area contributed by atoms with E-state index in [1.165, 1.54) is 16.3 Å². The summed E-state index contributed by atoms with van der Waals surface area (Å²) in [6.45, 7) is 2.94. The van der Waals surface area contributed by atoms with Crippen molar-refractivity contribution in [3.05, 3.63) is 82.1 Å². The highest BCUT2D eigenvalue weighted by molar-refractivity contribution is 5.80. The molecule has 0 saturated heterocycles. The molecule has 1 amide bonds. The van der Waals surface area contributed by atoms with Gasteiger partial charge in [-0.05, 0) is 54.8 Å². The van der Waals surface area contributed by atoms with Crippen LogP contribution in [0.4, 0.5) is 0 Å². The number of ether oxygens (including phenoxy) is 1. The van der Waals surface area contributed by atoms with E-state index in [1.54, 1.807) is 25.0 Å². The lowest BCUT2D eigenvalue weighted by Crippen LogP contribution is -2.42. The van der Waals surface area contributed by atoms with Crippen LogP contribution >= 0.6 is 0 Å². The SMILES string of the molecule is COc1ccc(-c2ccc(=O)n(C(C)C(=O)N3CCc4ccccc4C3)n2)cc1. The molecule has 0 saturated carbocycles. The number of nitrogens with zero attached hydrogens (tertiary/aromatic N) is 3. The summed E-state index contributed by atoms with van der Waals surface area (Å²) < 4.78 is 6.46. The van der Waals surface area contributed by atoms with Gasteiger partial charge in [-0.25, -0.2) is 4.68 Å². The zero-order chi connectivity index (χ0) is 20.4. The Morgan fingerprint density at radius 3 is 2.48 bits per heavy atom. The molecule has 1 unspecified atom stereocenters. The first-order chi connectivity index (χ1) is 14.1. The molecule has 6 nitrogen and oxygen atoms in total. The van der Waals surface area contributed by atoms with Gasteiger partial charge in [0.15, 0.2) is 0 Å². The summed E-state index contributed by atoms with van der Waals surface area (Å²) >= 11 is 0. The smallest absolute Gasteiger partial charge is 0.267 e. The van der Waals surface area contributed by atoms with Gasteiger partial charge in [-0.2, -0.15) is 5.10 Å². The molecule has 148 valence electrons. The van der Waals surface area contributed by atoms with Crippen molar-refractivity contribution < 1.29 is 9.53 Å². The minimum absolute atomic E-state index is 0.0963. The summed E-state index contributed by atoms with van der Waals surface area (Å²) in [5.41, 5.74) is 3.63. The summed E-state index contributed by atoms with van der Waals surface area (Å²) in [4.78, 5) is 27.3. The number of hydrogen-bond donors (Lipinski definition) is 0. The summed E-state index contributed by atoms with van der Waals surface area (Å²) in [6, 6.07) is 18.1. The lowest BCUT2D eigenvalue weighted by molar-refractivity contribution is -0.135. The Morgan fingerprint density at radius 2 is 1.76 bits per heavy atom. The van der Waals surface area contributed by atoms with Crippen LogP contribution in [0.1, 0.15) is 24.1 Å². The number of carbonyl (C=O) groups is 1. The number of methoxy groups -OCH3 is 1. The van der Waals surface area contributed by atoms with Crippen LogP contribution in [-0.2, 0) is 17.8 Å². The van der Waals surface area contributed by atoms with Crippen LogP contribution in [0.2, 0.25) is 0 Å². The second kappa shape index (κ2) is 7.91. The molecule has 0 N–H and O–H groups in total. The number of rotatable bonds is 4. The van der Waals surface area contributed by atoms with Gasteiger partial charge in [0, 0.05) is 24.7 Å². The summed E-state index contributed by atoms with van der Waals surface area (Å²) in [5, 5.41) is 4.47. The van der Waals surface area contributed by atoms with Crippen molar-refractivity contribution in [1.82, 2.24) is 14.7 Å². The number of amides is 1. The predicted octanol–water partition coefficient (Wildman–Crippen LogP) is 3.06. The second-order valence-corrected chi connectivity index (χ2v) is 7.18. The Kier molecular flexibility index (Phi) is 5.16. The molecule has 29 heavy (non-hydrogen) atoms. The van der Waals surface area contributed by atoms with Gasteiger partial charge in [0.1, 0.15) is 11.8 Å². The van der Waals surface area contributed by atoms with Crippen LogP contribution in [0, 0.1) is 0 Å². The Morgan fingerprint density at radius 1 is 1.03 bits per heavy atom. The first-order valence-corrected chi connectivity index (χ1v) is 9.66. The van der Waals surface area contributed by atoms with Crippen LogP contribution in [0.15, 0.2) is 65.5 Å². The zero-order valence-electron chi connectivity index (χ0n) is 16.5. The lowest BCUT2D eigenvalue weighted by atomic mass is 9.99. The molecule has 1 atom stereocenters. The van der Waals surface area contributed by atoms with Crippen molar-refractivity contribution in [2.75, 3.05) is 13.7 Å². The molecule has 1 aromatic heterocycles. The van der Waals surface area contributed by atoms with E-state index in [1.807, 2.05) is 42.5 Å². The zero-order valence-corrected chi connectivity index (χ0v) is 16.5. The normalized spacial score (nSPS) is 14.2. The minimum Gasteiger partial charge on any atom is -0.497 e. The highest BCUT2D eigenvalue weighted by atomic mass is 16.5. The van der Waals surface area contributed by atoms with E-state index in [9.17, 15) is 9.59 Å². The molecule has 1 aliphatic rings. The third kappa shape index (κ3) is 3.78. The van der Waals surface area contributed by atoms with E-state index in [-0.39, 0.29) is 11.5 Å². The van der Waals surface area contributed by atoms with E-state index < -0.39 is 6.04 Å². The molecular weight excluding hydrogens is 366 g/mol. The first kappa shape index (κ1) is 18.9. The number of carbonyl (C=O) groups excluding carboxylic acids is 1. The van der Waals surface area contributed by atoms with Crippen molar-refractivity contribution in [3.63, 3.8) is 0 Å². The van der Waals surface area contributed by atoms with Gasteiger partial charge in [-0.3, -0.25) is 9.59 Å². The topological polar surface area (TPSA) is 64.4 Å². The average molecular weight is 389 g/mol. The fourth-order valence-corrected chi connectivity index (χ4v) is 3.67. The Hall–Kier alpha value is -3.41. The Balaban J connectivity index is 1.58. The molecule has 2 aromatic carbocycles. The predicted molar refractivity (Wildman–Crippen MR) is 111 cm³/mol. The van der Waals surface area contributed by atoms with E-state index >= 15 is 0 Å². The Bertz CT molecular complexity index is 1090. The van der Waals surface area contributed by atoms with E-state index in [0.29, 0.717) is 18.8 Å². The Labute approximate surface area is 169 Å². The van der Waals surface area contributed by atoms with Crippen LogP contribution in [0.3, 0.4) is 0 Å². The van der Waals surface area contributed by atoms with Crippen molar-refractivity contribution in [2.24, 2.45) is 0 Å². The van der Waals surface area contributed by atoms with Gasteiger partial charge in [-0.1, -0.05) is 24.3 Å². The van der Waals surface area contributed by atoms with Crippen molar-refractivity contribution in [3.8, 4) is 17.0 Å². The standard InChI is InChI=1S/C23H23N3O3/c1-16(23(28)25-14-13-17-5-3-4-6-19(17)15-25)26-22(27)12-11-21(24-26)18-7-9-20(29-2)10-8-18/h3-12,16H,13-15H2,1-2H3. The van der Waals surface area contributed by atoms with Gasteiger partial charge >= 0.3 is 0 Å². The first-order valence-electron chi connectivity index (χ1n) is 9.66. The number of benzene rings is 2. The number of hydrogen-bond acceptors (Lipinski definition) is 4. The van der Waals surface area contributed by atoms with Crippen LogP contribution in [0.25, 0.3) is 11.3 Å². The van der Waals surface area contributed by atoms with E-state index in [4.69, 9.17) is 4.74 Å². The van der Waals surface area contributed by atoms with Crippen LogP contribution in [0.5, 0.6) is 5.75 Å². The summed E-state index contributed by atoms with van der Waals surface area (Å²) in [6.07, 6.45) is 0.822. The van der Waals surface area contributed by atoms with Gasteiger partial charge in [0.25, 0.3) is 5.56 Å². The third-order valence-corrected chi connectivity index (χ3v) is 5.38. The molecule has 0 aliphatic carbocycles.